The summed E-state index contributed by atoms with van der Waals surface area (Å²) < 4.78 is 40.1. The summed E-state index contributed by atoms with van der Waals surface area (Å²) in [5, 5.41) is 4.11. The Morgan fingerprint density at radius 1 is 0.971 bits per heavy atom. The molecule has 2 aliphatic rings. The summed E-state index contributed by atoms with van der Waals surface area (Å²) in [6.07, 6.45) is -1.64. The molecule has 11 heteroatoms. The molecule has 1 aromatic carbocycles. The Bertz CT molecular complexity index is 1220. The number of halogens is 3. The number of nitrogens with zero attached hydrogens (tertiary/aromatic N) is 6. The van der Waals surface area contributed by atoms with E-state index in [0.29, 0.717) is 22.8 Å². The Balaban J connectivity index is 1.52. The van der Waals surface area contributed by atoms with Gasteiger partial charge in [-0.05, 0) is 50.2 Å². The third kappa shape index (κ3) is 4.90. The molecule has 0 saturated carbocycles. The van der Waals surface area contributed by atoms with Crippen molar-refractivity contribution < 1.29 is 13.2 Å². The SMILES string of the molecule is CC(Nc1nc(N2CCC2)nc2cnc(N3CCN(C)CC3)cc12)c1cc(N)cc(C(F)(F)F)c1. The average Bonchev–Trinajstić information content (AvgIpc) is 2.77. The molecule has 4 heterocycles. The summed E-state index contributed by atoms with van der Waals surface area (Å²) in [5.41, 5.74) is 6.23. The zero-order chi connectivity index (χ0) is 24.7. The smallest absolute Gasteiger partial charge is 0.399 e. The van der Waals surface area contributed by atoms with E-state index in [4.69, 9.17) is 15.7 Å². The van der Waals surface area contributed by atoms with Crippen molar-refractivity contribution in [3.8, 4) is 0 Å². The zero-order valence-electron chi connectivity index (χ0n) is 19.8. The van der Waals surface area contributed by atoms with Gasteiger partial charge in [-0.25, -0.2) is 9.97 Å². The number of benzene rings is 1. The van der Waals surface area contributed by atoms with Crippen molar-refractivity contribution in [1.82, 2.24) is 19.9 Å². The van der Waals surface area contributed by atoms with Gasteiger partial charge in [0.1, 0.15) is 11.6 Å². The number of anilines is 4. The molecule has 186 valence electrons. The summed E-state index contributed by atoms with van der Waals surface area (Å²) >= 11 is 0. The first kappa shape index (κ1) is 23.4. The molecule has 2 aliphatic heterocycles. The summed E-state index contributed by atoms with van der Waals surface area (Å²) in [6.45, 7) is 7.17. The van der Waals surface area contributed by atoms with E-state index in [1.807, 2.05) is 6.07 Å². The first-order valence-electron chi connectivity index (χ1n) is 11.8. The number of rotatable bonds is 5. The van der Waals surface area contributed by atoms with E-state index < -0.39 is 17.8 Å². The molecule has 1 atom stereocenters. The standard InChI is InChI=1S/C24H29F3N8/c1-15(16-10-17(24(25,26)27)12-18(28)11-16)30-22-19-13-21(34-8-6-33(2)7-9-34)29-14-20(19)31-23(32-22)35-4-3-5-35/h10-15H,3-9,28H2,1-2H3,(H,30,31,32). The predicted molar refractivity (Wildman–Crippen MR) is 132 cm³/mol. The molecule has 0 radical (unpaired) electrons. The van der Waals surface area contributed by atoms with E-state index in [9.17, 15) is 13.2 Å². The number of piperazine rings is 1. The lowest BCUT2D eigenvalue weighted by molar-refractivity contribution is -0.137. The van der Waals surface area contributed by atoms with Crippen molar-refractivity contribution >= 4 is 34.2 Å². The fourth-order valence-electron chi connectivity index (χ4n) is 4.36. The van der Waals surface area contributed by atoms with Crippen LogP contribution in [0.3, 0.4) is 0 Å². The molecule has 0 aliphatic carbocycles. The van der Waals surface area contributed by atoms with Gasteiger partial charge in [0.05, 0.1) is 23.3 Å². The van der Waals surface area contributed by atoms with Gasteiger partial charge in [-0.1, -0.05) is 0 Å². The molecule has 3 aromatic rings. The van der Waals surface area contributed by atoms with Crippen molar-refractivity contribution in [3.05, 3.63) is 41.6 Å². The van der Waals surface area contributed by atoms with Crippen LogP contribution in [0, 0.1) is 0 Å². The van der Waals surface area contributed by atoms with Gasteiger partial charge in [0.2, 0.25) is 5.95 Å². The molecule has 8 nitrogen and oxygen atoms in total. The molecular weight excluding hydrogens is 457 g/mol. The fraction of sp³-hybridized carbons (Fsp3) is 0.458. The average molecular weight is 487 g/mol. The second-order valence-corrected chi connectivity index (χ2v) is 9.31. The maximum Gasteiger partial charge on any atom is 0.416 e. The second kappa shape index (κ2) is 9.03. The second-order valence-electron chi connectivity index (χ2n) is 9.31. The lowest BCUT2D eigenvalue weighted by atomic mass is 10.0. The first-order chi connectivity index (χ1) is 16.7. The van der Waals surface area contributed by atoms with Gasteiger partial charge in [-0.15, -0.1) is 0 Å². The van der Waals surface area contributed by atoms with E-state index in [0.717, 1.165) is 69.0 Å². The number of pyridine rings is 1. The van der Waals surface area contributed by atoms with Crippen molar-refractivity contribution in [2.24, 2.45) is 0 Å². The van der Waals surface area contributed by atoms with E-state index >= 15 is 0 Å². The highest BCUT2D eigenvalue weighted by molar-refractivity contribution is 5.91. The molecule has 0 amide bonds. The van der Waals surface area contributed by atoms with Crippen molar-refractivity contribution in [2.75, 3.05) is 67.2 Å². The number of nitrogen functional groups attached to an aromatic ring is 1. The van der Waals surface area contributed by atoms with Gasteiger partial charge in [0.15, 0.2) is 0 Å². The van der Waals surface area contributed by atoms with E-state index in [1.54, 1.807) is 19.2 Å². The highest BCUT2D eigenvalue weighted by Gasteiger charge is 2.31. The third-order valence-electron chi connectivity index (χ3n) is 6.68. The zero-order valence-corrected chi connectivity index (χ0v) is 19.8. The Morgan fingerprint density at radius 3 is 2.37 bits per heavy atom. The number of hydrogen-bond donors (Lipinski definition) is 2. The number of hydrogen-bond acceptors (Lipinski definition) is 8. The molecule has 5 rings (SSSR count). The van der Waals surface area contributed by atoms with Gasteiger partial charge in [-0.3, -0.25) is 0 Å². The minimum absolute atomic E-state index is 0.0684. The highest BCUT2D eigenvalue weighted by Crippen LogP contribution is 2.35. The van der Waals surface area contributed by atoms with Crippen LogP contribution in [0.2, 0.25) is 0 Å². The highest BCUT2D eigenvalue weighted by atomic mass is 19.4. The van der Waals surface area contributed by atoms with Crippen LogP contribution in [-0.4, -0.2) is 66.2 Å². The van der Waals surface area contributed by atoms with Gasteiger partial charge in [0, 0.05) is 50.3 Å². The number of aromatic nitrogens is 3. The molecule has 2 fully saturated rings. The van der Waals surface area contributed by atoms with Crippen LogP contribution in [0.15, 0.2) is 30.5 Å². The number of likely N-dealkylation sites (N-methyl/N-ethyl adjacent to an activating group) is 1. The van der Waals surface area contributed by atoms with Gasteiger partial charge in [0.25, 0.3) is 0 Å². The lowest BCUT2D eigenvalue weighted by Gasteiger charge is -2.33. The first-order valence-corrected chi connectivity index (χ1v) is 11.8. The molecule has 3 N–H and O–H groups in total. The monoisotopic (exact) mass is 486 g/mol. The van der Waals surface area contributed by atoms with Crippen LogP contribution in [0.1, 0.15) is 30.5 Å². The number of alkyl halides is 3. The third-order valence-corrected chi connectivity index (χ3v) is 6.68. The Morgan fingerprint density at radius 2 is 1.71 bits per heavy atom. The number of nitrogens with one attached hydrogen (secondary N) is 1. The van der Waals surface area contributed by atoms with E-state index in [-0.39, 0.29) is 5.69 Å². The van der Waals surface area contributed by atoms with Crippen molar-refractivity contribution in [3.63, 3.8) is 0 Å². The molecular formula is C24H29F3N8. The number of fused-ring (bicyclic) bond motifs is 1. The molecule has 2 saturated heterocycles. The molecule has 1 unspecified atom stereocenters. The largest absolute Gasteiger partial charge is 0.416 e. The summed E-state index contributed by atoms with van der Waals surface area (Å²) in [7, 11) is 2.10. The maximum absolute atomic E-state index is 13.4. The fourth-order valence-corrected chi connectivity index (χ4v) is 4.36. The molecule has 35 heavy (non-hydrogen) atoms. The van der Waals surface area contributed by atoms with Crippen LogP contribution in [0.25, 0.3) is 10.9 Å². The van der Waals surface area contributed by atoms with Gasteiger partial charge in [-0.2, -0.15) is 18.2 Å². The van der Waals surface area contributed by atoms with Crippen molar-refractivity contribution in [1.29, 1.82) is 0 Å². The van der Waals surface area contributed by atoms with Crippen LogP contribution in [-0.2, 0) is 6.18 Å². The normalized spacial score (nSPS) is 18.0. The molecule has 0 bridgehead atoms. The lowest BCUT2D eigenvalue weighted by Crippen LogP contribution is -2.44. The molecule has 0 spiro atoms. The quantitative estimate of drug-likeness (QED) is 0.528. The van der Waals surface area contributed by atoms with Gasteiger partial charge < -0.3 is 25.8 Å². The van der Waals surface area contributed by atoms with Crippen LogP contribution >= 0.6 is 0 Å². The van der Waals surface area contributed by atoms with Gasteiger partial charge >= 0.3 is 6.18 Å². The Hall–Kier alpha value is -3.34. The van der Waals surface area contributed by atoms with Crippen molar-refractivity contribution in [2.45, 2.75) is 25.6 Å². The van der Waals surface area contributed by atoms with Crippen LogP contribution in [0.5, 0.6) is 0 Å². The minimum Gasteiger partial charge on any atom is -0.399 e. The van der Waals surface area contributed by atoms with Crippen LogP contribution in [0.4, 0.5) is 36.4 Å². The Labute approximate surface area is 201 Å². The Kier molecular flexibility index (Phi) is 6.04. The summed E-state index contributed by atoms with van der Waals surface area (Å²) in [6, 6.07) is 5.14. The van der Waals surface area contributed by atoms with E-state index in [1.165, 1.54) is 0 Å². The number of nitrogens with two attached hydrogens (primary N) is 1. The maximum atomic E-state index is 13.4. The predicted octanol–water partition coefficient (Wildman–Crippen LogP) is 3.76. The minimum atomic E-state index is -4.47. The molecule has 2 aromatic heterocycles. The van der Waals surface area contributed by atoms with Crippen LogP contribution < -0.4 is 20.9 Å². The summed E-state index contributed by atoms with van der Waals surface area (Å²) in [4.78, 5) is 20.7. The van der Waals surface area contributed by atoms with E-state index in [2.05, 4.69) is 32.0 Å². The summed E-state index contributed by atoms with van der Waals surface area (Å²) in [5.74, 6) is 2.00. The topological polar surface area (TPSA) is 86.4 Å².